The van der Waals surface area contributed by atoms with Crippen LogP contribution in [0, 0.1) is 0 Å². The summed E-state index contributed by atoms with van der Waals surface area (Å²) in [4.78, 5) is 13.2. The fourth-order valence-electron chi connectivity index (χ4n) is 3.63. The predicted octanol–water partition coefficient (Wildman–Crippen LogP) is 4.92. The SMILES string of the molecule is O=C(Nc1ccccc1Oc1ccccc1)C1(c2ccc3c(c2)OCCO3)CC1. The maximum Gasteiger partial charge on any atom is 0.235 e. The van der Waals surface area contributed by atoms with Gasteiger partial charge in [0.2, 0.25) is 5.91 Å². The van der Waals surface area contributed by atoms with Crippen molar-refractivity contribution in [2.24, 2.45) is 0 Å². The van der Waals surface area contributed by atoms with Crippen molar-refractivity contribution in [1.82, 2.24) is 0 Å². The van der Waals surface area contributed by atoms with Gasteiger partial charge in [-0.3, -0.25) is 4.79 Å². The highest BCUT2D eigenvalue weighted by molar-refractivity contribution is 6.02. The molecular weight excluding hydrogens is 366 g/mol. The van der Waals surface area contributed by atoms with Gasteiger partial charge in [-0.25, -0.2) is 0 Å². The van der Waals surface area contributed by atoms with Gasteiger partial charge in [0.05, 0.1) is 11.1 Å². The van der Waals surface area contributed by atoms with Crippen molar-refractivity contribution in [3.05, 3.63) is 78.4 Å². The zero-order chi connectivity index (χ0) is 19.7. The first-order valence-electron chi connectivity index (χ1n) is 9.78. The molecule has 1 heterocycles. The number of benzene rings is 3. The number of para-hydroxylation sites is 3. The van der Waals surface area contributed by atoms with Gasteiger partial charge in [0.1, 0.15) is 19.0 Å². The van der Waals surface area contributed by atoms with E-state index < -0.39 is 5.41 Å². The lowest BCUT2D eigenvalue weighted by molar-refractivity contribution is -0.118. The molecule has 3 aromatic carbocycles. The molecule has 3 aromatic rings. The Labute approximate surface area is 169 Å². The number of ether oxygens (including phenoxy) is 3. The van der Waals surface area contributed by atoms with E-state index in [9.17, 15) is 4.79 Å². The molecule has 5 nitrogen and oxygen atoms in total. The lowest BCUT2D eigenvalue weighted by Crippen LogP contribution is -2.28. The molecule has 0 atom stereocenters. The standard InChI is InChI=1S/C24H21NO4/c26-23(24(12-13-24)17-10-11-21-22(16-17)28-15-14-27-21)25-19-8-4-5-9-20(19)29-18-6-2-1-3-7-18/h1-11,16H,12-15H2,(H,25,26). The summed E-state index contributed by atoms with van der Waals surface area (Å²) in [5.74, 6) is 2.75. The molecule has 0 saturated heterocycles. The van der Waals surface area contributed by atoms with E-state index in [0.29, 0.717) is 30.4 Å². The topological polar surface area (TPSA) is 56.8 Å². The Morgan fingerprint density at radius 1 is 0.862 bits per heavy atom. The molecule has 0 bridgehead atoms. The Hall–Kier alpha value is -3.47. The molecular formula is C24H21NO4. The summed E-state index contributed by atoms with van der Waals surface area (Å²) in [5.41, 5.74) is 1.08. The average Bonchev–Trinajstić information content (AvgIpc) is 3.58. The third-order valence-corrected chi connectivity index (χ3v) is 5.39. The van der Waals surface area contributed by atoms with Crippen LogP contribution in [0.15, 0.2) is 72.8 Å². The van der Waals surface area contributed by atoms with Crippen LogP contribution in [-0.2, 0) is 10.2 Å². The van der Waals surface area contributed by atoms with Gasteiger partial charge in [0.15, 0.2) is 17.2 Å². The minimum atomic E-state index is -0.532. The molecule has 0 spiro atoms. The molecule has 29 heavy (non-hydrogen) atoms. The minimum absolute atomic E-state index is 0.0294. The normalized spacial score (nSPS) is 16.0. The van der Waals surface area contributed by atoms with Crippen LogP contribution in [0.1, 0.15) is 18.4 Å². The van der Waals surface area contributed by atoms with E-state index in [1.165, 1.54) is 0 Å². The molecule has 1 amide bonds. The van der Waals surface area contributed by atoms with Crippen molar-refractivity contribution >= 4 is 11.6 Å². The first-order chi connectivity index (χ1) is 14.2. The molecule has 0 unspecified atom stereocenters. The molecule has 5 rings (SSSR count). The van der Waals surface area contributed by atoms with Crippen LogP contribution in [0.25, 0.3) is 0 Å². The van der Waals surface area contributed by atoms with E-state index in [2.05, 4.69) is 5.32 Å². The molecule has 1 N–H and O–H groups in total. The molecule has 1 saturated carbocycles. The van der Waals surface area contributed by atoms with E-state index in [1.54, 1.807) is 0 Å². The summed E-state index contributed by atoms with van der Waals surface area (Å²) < 4.78 is 17.3. The summed E-state index contributed by atoms with van der Waals surface area (Å²) in [6.45, 7) is 1.08. The van der Waals surface area contributed by atoms with Crippen LogP contribution in [0.2, 0.25) is 0 Å². The largest absolute Gasteiger partial charge is 0.486 e. The first-order valence-corrected chi connectivity index (χ1v) is 9.78. The summed E-state index contributed by atoms with van der Waals surface area (Å²) in [6, 6.07) is 22.8. The first kappa shape index (κ1) is 17.6. The van der Waals surface area contributed by atoms with Gasteiger partial charge in [-0.2, -0.15) is 0 Å². The second-order valence-electron chi connectivity index (χ2n) is 7.31. The van der Waals surface area contributed by atoms with E-state index in [4.69, 9.17) is 14.2 Å². The highest BCUT2D eigenvalue weighted by Gasteiger charge is 2.51. The fourth-order valence-corrected chi connectivity index (χ4v) is 3.63. The van der Waals surface area contributed by atoms with Crippen LogP contribution in [0.5, 0.6) is 23.0 Å². The number of hydrogen-bond acceptors (Lipinski definition) is 4. The number of fused-ring (bicyclic) bond motifs is 1. The Morgan fingerprint density at radius 3 is 2.38 bits per heavy atom. The number of amides is 1. The summed E-state index contributed by atoms with van der Waals surface area (Å²) in [6.07, 6.45) is 1.61. The molecule has 1 aliphatic carbocycles. The highest BCUT2D eigenvalue weighted by Crippen LogP contribution is 2.51. The number of rotatable bonds is 5. The smallest absolute Gasteiger partial charge is 0.235 e. The van der Waals surface area contributed by atoms with Crippen molar-refractivity contribution in [1.29, 1.82) is 0 Å². The molecule has 1 fully saturated rings. The van der Waals surface area contributed by atoms with Crippen LogP contribution in [0.4, 0.5) is 5.69 Å². The minimum Gasteiger partial charge on any atom is -0.486 e. The van der Waals surface area contributed by atoms with Gasteiger partial charge in [-0.15, -0.1) is 0 Å². The van der Waals surface area contributed by atoms with Crippen molar-refractivity contribution in [2.75, 3.05) is 18.5 Å². The number of nitrogens with one attached hydrogen (secondary N) is 1. The van der Waals surface area contributed by atoms with E-state index in [0.717, 1.165) is 29.9 Å². The molecule has 5 heteroatoms. The number of carbonyl (C=O) groups excluding carboxylic acids is 1. The molecule has 2 aliphatic rings. The summed E-state index contributed by atoms with van der Waals surface area (Å²) >= 11 is 0. The third kappa shape index (κ3) is 3.40. The summed E-state index contributed by atoms with van der Waals surface area (Å²) in [7, 11) is 0. The van der Waals surface area contributed by atoms with Crippen LogP contribution in [0.3, 0.4) is 0 Å². The van der Waals surface area contributed by atoms with Gasteiger partial charge in [0.25, 0.3) is 0 Å². The second kappa shape index (κ2) is 7.17. The zero-order valence-electron chi connectivity index (χ0n) is 15.9. The van der Waals surface area contributed by atoms with Gasteiger partial charge in [0, 0.05) is 0 Å². The van der Waals surface area contributed by atoms with Crippen LogP contribution < -0.4 is 19.5 Å². The van der Waals surface area contributed by atoms with Crippen molar-refractivity contribution in [2.45, 2.75) is 18.3 Å². The molecule has 0 aromatic heterocycles. The van der Waals surface area contributed by atoms with Gasteiger partial charge in [-0.05, 0) is 54.8 Å². The van der Waals surface area contributed by atoms with Gasteiger partial charge >= 0.3 is 0 Å². The predicted molar refractivity (Wildman–Crippen MR) is 110 cm³/mol. The third-order valence-electron chi connectivity index (χ3n) is 5.39. The lowest BCUT2D eigenvalue weighted by atomic mass is 9.94. The Morgan fingerprint density at radius 2 is 1.59 bits per heavy atom. The van der Waals surface area contributed by atoms with Crippen molar-refractivity contribution < 1.29 is 19.0 Å². The van der Waals surface area contributed by atoms with Gasteiger partial charge < -0.3 is 19.5 Å². The Kier molecular flexibility index (Phi) is 4.35. The molecule has 1 aliphatic heterocycles. The number of carbonyl (C=O) groups is 1. The van der Waals surface area contributed by atoms with E-state index in [-0.39, 0.29) is 5.91 Å². The van der Waals surface area contributed by atoms with E-state index in [1.807, 2.05) is 72.8 Å². The monoisotopic (exact) mass is 387 g/mol. The van der Waals surface area contributed by atoms with Crippen LogP contribution >= 0.6 is 0 Å². The van der Waals surface area contributed by atoms with Gasteiger partial charge in [-0.1, -0.05) is 36.4 Å². The number of hydrogen-bond donors (Lipinski definition) is 1. The maximum atomic E-state index is 13.2. The second-order valence-corrected chi connectivity index (χ2v) is 7.31. The quantitative estimate of drug-likeness (QED) is 0.675. The molecule has 0 radical (unpaired) electrons. The fraction of sp³-hybridized carbons (Fsp3) is 0.208. The zero-order valence-corrected chi connectivity index (χ0v) is 15.9. The highest BCUT2D eigenvalue weighted by atomic mass is 16.6. The molecule has 146 valence electrons. The Bertz CT molecular complexity index is 1040. The van der Waals surface area contributed by atoms with Crippen molar-refractivity contribution in [3.8, 4) is 23.0 Å². The Balaban J connectivity index is 1.38. The van der Waals surface area contributed by atoms with E-state index >= 15 is 0 Å². The van der Waals surface area contributed by atoms with Crippen LogP contribution in [-0.4, -0.2) is 19.1 Å². The average molecular weight is 387 g/mol. The van der Waals surface area contributed by atoms with Crippen molar-refractivity contribution in [3.63, 3.8) is 0 Å². The maximum absolute atomic E-state index is 13.2. The number of anilines is 1. The lowest BCUT2D eigenvalue weighted by Gasteiger charge is -2.22. The summed E-state index contributed by atoms with van der Waals surface area (Å²) in [5, 5.41) is 3.08.